The van der Waals surface area contributed by atoms with Crippen LogP contribution in [0.4, 0.5) is 8.78 Å². The fourth-order valence-corrected chi connectivity index (χ4v) is 4.44. The molecule has 0 N–H and O–H groups in total. The van der Waals surface area contributed by atoms with Crippen molar-refractivity contribution in [3.8, 4) is 0 Å². The van der Waals surface area contributed by atoms with E-state index in [1.807, 2.05) is 6.07 Å². The van der Waals surface area contributed by atoms with E-state index in [-0.39, 0.29) is 13.1 Å². The first-order valence-corrected chi connectivity index (χ1v) is 9.46. The minimum Gasteiger partial charge on any atom is -0.296 e. The standard InChI is InChI=1S/C16H16ClF2N3O2S/c17-16-9-12(3-4-20-16)11-21-5-7-22(8-6-21)25(23,24)15-10-13(18)1-2-14(15)19/h1-4,9-10H,5-8,11H2. The molecule has 0 saturated carbocycles. The molecule has 25 heavy (non-hydrogen) atoms. The van der Waals surface area contributed by atoms with Gasteiger partial charge in [0.05, 0.1) is 0 Å². The second-order valence-electron chi connectivity index (χ2n) is 5.74. The summed E-state index contributed by atoms with van der Waals surface area (Å²) < 4.78 is 53.4. The van der Waals surface area contributed by atoms with Gasteiger partial charge < -0.3 is 0 Å². The van der Waals surface area contributed by atoms with E-state index in [0.717, 1.165) is 23.8 Å². The quantitative estimate of drug-likeness (QED) is 0.756. The number of sulfonamides is 1. The largest absolute Gasteiger partial charge is 0.296 e. The summed E-state index contributed by atoms with van der Waals surface area (Å²) in [6.07, 6.45) is 1.62. The van der Waals surface area contributed by atoms with Gasteiger partial charge in [0, 0.05) is 38.9 Å². The highest BCUT2D eigenvalue weighted by molar-refractivity contribution is 7.89. The summed E-state index contributed by atoms with van der Waals surface area (Å²) >= 11 is 5.86. The van der Waals surface area contributed by atoms with Gasteiger partial charge in [-0.25, -0.2) is 22.2 Å². The molecule has 1 fully saturated rings. The fourth-order valence-electron chi connectivity index (χ4n) is 2.74. The van der Waals surface area contributed by atoms with E-state index in [2.05, 4.69) is 9.88 Å². The topological polar surface area (TPSA) is 53.5 Å². The number of halogens is 3. The van der Waals surface area contributed by atoms with E-state index in [9.17, 15) is 17.2 Å². The normalized spacial score (nSPS) is 16.9. The number of rotatable bonds is 4. The molecule has 3 rings (SSSR count). The average molecular weight is 388 g/mol. The van der Waals surface area contributed by atoms with Crippen molar-refractivity contribution in [1.29, 1.82) is 0 Å². The number of nitrogens with zero attached hydrogens (tertiary/aromatic N) is 3. The van der Waals surface area contributed by atoms with Crippen LogP contribution in [0.1, 0.15) is 5.56 Å². The molecule has 9 heteroatoms. The third kappa shape index (κ3) is 4.14. The molecule has 1 aliphatic rings. The van der Waals surface area contributed by atoms with Crippen molar-refractivity contribution in [2.75, 3.05) is 26.2 Å². The maximum Gasteiger partial charge on any atom is 0.246 e. The minimum absolute atomic E-state index is 0.205. The summed E-state index contributed by atoms with van der Waals surface area (Å²) in [4.78, 5) is 5.37. The molecule has 0 spiro atoms. The molecule has 1 aromatic carbocycles. The average Bonchev–Trinajstić information content (AvgIpc) is 2.57. The minimum atomic E-state index is -4.06. The first kappa shape index (κ1) is 18.2. The van der Waals surface area contributed by atoms with E-state index in [0.29, 0.717) is 24.8 Å². The Morgan fingerprint density at radius 3 is 2.48 bits per heavy atom. The lowest BCUT2D eigenvalue weighted by molar-refractivity contribution is 0.181. The van der Waals surface area contributed by atoms with Crippen LogP contribution in [0.15, 0.2) is 41.4 Å². The van der Waals surface area contributed by atoms with Crippen molar-refractivity contribution < 1.29 is 17.2 Å². The predicted molar refractivity (Wildman–Crippen MR) is 89.6 cm³/mol. The van der Waals surface area contributed by atoms with Crippen LogP contribution in [0.2, 0.25) is 5.15 Å². The molecule has 1 aliphatic heterocycles. The molecule has 0 unspecified atom stereocenters. The Morgan fingerprint density at radius 1 is 1.08 bits per heavy atom. The van der Waals surface area contributed by atoms with Gasteiger partial charge in [-0.1, -0.05) is 11.6 Å². The van der Waals surface area contributed by atoms with Crippen molar-refractivity contribution in [3.05, 3.63) is 58.9 Å². The molecule has 0 bridgehead atoms. The van der Waals surface area contributed by atoms with Crippen molar-refractivity contribution >= 4 is 21.6 Å². The Kier molecular flexibility index (Phi) is 5.33. The number of piperazine rings is 1. The SMILES string of the molecule is O=S(=O)(c1cc(F)ccc1F)N1CCN(Cc2ccnc(Cl)c2)CC1. The van der Waals surface area contributed by atoms with Crippen molar-refractivity contribution in [1.82, 2.24) is 14.2 Å². The van der Waals surface area contributed by atoms with Gasteiger partial charge in [-0.3, -0.25) is 4.90 Å². The highest BCUT2D eigenvalue weighted by Crippen LogP contribution is 2.22. The van der Waals surface area contributed by atoms with Crippen LogP contribution in [0.5, 0.6) is 0 Å². The van der Waals surface area contributed by atoms with Crippen molar-refractivity contribution in [2.45, 2.75) is 11.4 Å². The number of aromatic nitrogens is 1. The third-order valence-electron chi connectivity index (χ3n) is 4.04. The zero-order valence-electron chi connectivity index (χ0n) is 13.2. The first-order valence-electron chi connectivity index (χ1n) is 7.64. The van der Waals surface area contributed by atoms with Crippen LogP contribution in [0.3, 0.4) is 0 Å². The maximum atomic E-state index is 13.8. The number of hydrogen-bond donors (Lipinski definition) is 0. The Balaban J connectivity index is 1.68. The van der Waals surface area contributed by atoms with Gasteiger partial charge in [0.15, 0.2) is 0 Å². The maximum absolute atomic E-state index is 13.8. The van der Waals surface area contributed by atoms with E-state index in [1.165, 1.54) is 4.31 Å². The Labute approximate surface area is 149 Å². The summed E-state index contributed by atoms with van der Waals surface area (Å²) in [6, 6.07) is 6.04. The first-order chi connectivity index (χ1) is 11.9. The molecule has 5 nitrogen and oxygen atoms in total. The van der Waals surface area contributed by atoms with E-state index >= 15 is 0 Å². The lowest BCUT2D eigenvalue weighted by Gasteiger charge is -2.34. The smallest absolute Gasteiger partial charge is 0.246 e. The fraction of sp³-hybridized carbons (Fsp3) is 0.312. The molecule has 0 aliphatic carbocycles. The highest BCUT2D eigenvalue weighted by atomic mass is 35.5. The summed E-state index contributed by atoms with van der Waals surface area (Å²) in [7, 11) is -4.06. The number of benzene rings is 1. The number of pyridine rings is 1. The number of hydrogen-bond acceptors (Lipinski definition) is 4. The highest BCUT2D eigenvalue weighted by Gasteiger charge is 2.31. The van der Waals surface area contributed by atoms with E-state index in [1.54, 1.807) is 12.3 Å². The second kappa shape index (κ2) is 7.33. The zero-order chi connectivity index (χ0) is 18.0. The van der Waals surface area contributed by atoms with Crippen LogP contribution in [0, 0.1) is 11.6 Å². The summed E-state index contributed by atoms with van der Waals surface area (Å²) in [5.41, 5.74) is 0.979. The van der Waals surface area contributed by atoms with Gasteiger partial charge in [-0.05, 0) is 35.9 Å². The van der Waals surface area contributed by atoms with Gasteiger partial charge in [0.1, 0.15) is 21.7 Å². The zero-order valence-corrected chi connectivity index (χ0v) is 14.8. The van der Waals surface area contributed by atoms with Crippen molar-refractivity contribution in [2.24, 2.45) is 0 Å². The predicted octanol–water partition coefficient (Wildman–Crippen LogP) is 2.52. The molecular weight excluding hydrogens is 372 g/mol. The lowest BCUT2D eigenvalue weighted by atomic mass is 10.2. The molecular formula is C16H16ClF2N3O2S. The Morgan fingerprint density at radius 2 is 1.80 bits per heavy atom. The second-order valence-corrected chi connectivity index (χ2v) is 8.04. The van der Waals surface area contributed by atoms with Gasteiger partial charge in [0.25, 0.3) is 0 Å². The molecule has 2 aromatic rings. The van der Waals surface area contributed by atoms with Crippen LogP contribution in [-0.2, 0) is 16.6 Å². The van der Waals surface area contributed by atoms with Gasteiger partial charge in [-0.15, -0.1) is 0 Å². The summed E-state index contributed by atoms with van der Waals surface area (Å²) in [5.74, 6) is -1.73. The van der Waals surface area contributed by atoms with Crippen LogP contribution >= 0.6 is 11.6 Å². The van der Waals surface area contributed by atoms with Crippen molar-refractivity contribution in [3.63, 3.8) is 0 Å². The molecule has 0 radical (unpaired) electrons. The summed E-state index contributed by atoms with van der Waals surface area (Å²) in [6.45, 7) is 1.99. The van der Waals surface area contributed by atoms with Gasteiger partial charge in [-0.2, -0.15) is 4.31 Å². The van der Waals surface area contributed by atoms with Crippen LogP contribution in [-0.4, -0.2) is 48.8 Å². The van der Waals surface area contributed by atoms with Crippen LogP contribution < -0.4 is 0 Å². The van der Waals surface area contributed by atoms with E-state index in [4.69, 9.17) is 11.6 Å². The summed E-state index contributed by atoms with van der Waals surface area (Å²) in [5, 5.41) is 0.403. The Bertz CT molecular complexity index is 871. The van der Waals surface area contributed by atoms with Gasteiger partial charge >= 0.3 is 0 Å². The molecule has 1 saturated heterocycles. The molecule has 1 aromatic heterocycles. The molecule has 2 heterocycles. The third-order valence-corrected chi connectivity index (χ3v) is 6.16. The monoisotopic (exact) mass is 387 g/mol. The van der Waals surface area contributed by atoms with E-state index < -0.39 is 26.6 Å². The molecule has 0 atom stereocenters. The Hall–Kier alpha value is -1.61. The molecule has 134 valence electrons. The van der Waals surface area contributed by atoms with Gasteiger partial charge in [0.2, 0.25) is 10.0 Å². The molecule has 0 amide bonds. The lowest BCUT2D eigenvalue weighted by Crippen LogP contribution is -2.48. The van der Waals surface area contributed by atoms with Crippen LogP contribution in [0.25, 0.3) is 0 Å².